The topological polar surface area (TPSA) is 32.9 Å². The number of aromatic nitrogens is 1. The molecule has 0 amide bonds. The largest absolute Gasteiger partial charge is 0.354 e. The van der Waals surface area contributed by atoms with E-state index in [0.717, 1.165) is 41.4 Å². The molecule has 1 aromatic carbocycles. The summed E-state index contributed by atoms with van der Waals surface area (Å²) >= 11 is 0. The van der Waals surface area contributed by atoms with Crippen LogP contribution in [0.1, 0.15) is 37.9 Å². The van der Waals surface area contributed by atoms with Gasteiger partial charge in [-0.1, -0.05) is 32.1 Å². The molecule has 0 aliphatic heterocycles. The van der Waals surface area contributed by atoms with Crippen molar-refractivity contribution >= 4 is 16.5 Å². The predicted octanol–water partition coefficient (Wildman–Crippen LogP) is 3.90. The Bertz CT molecular complexity index is 707. The molecule has 0 radical (unpaired) electrons. The number of rotatable bonds is 1. The fraction of sp³-hybridized carbons (Fsp3) is 0.353. The third-order valence-corrected chi connectivity index (χ3v) is 3.74. The molecule has 1 aliphatic carbocycles. The third kappa shape index (κ3) is 2.12. The number of hydrogen-bond acceptors (Lipinski definition) is 1. The summed E-state index contributed by atoms with van der Waals surface area (Å²) in [7, 11) is 0. The van der Waals surface area contributed by atoms with Crippen LogP contribution in [0.15, 0.2) is 35.1 Å². The molecule has 0 unspecified atom stereocenters. The Morgan fingerprint density at radius 1 is 1.21 bits per heavy atom. The van der Waals surface area contributed by atoms with Gasteiger partial charge in [-0.15, -0.1) is 0 Å². The SMILES string of the molecule is CC(C)/C=C1/CCCc2c1[nH]c1ccccc1c2=O. The minimum absolute atomic E-state index is 0.207. The second kappa shape index (κ2) is 4.69. The number of aromatic amines is 1. The molecular formula is C17H19NO. The number of nitrogens with one attached hydrogen (secondary N) is 1. The first-order valence-corrected chi connectivity index (χ1v) is 7.02. The lowest BCUT2D eigenvalue weighted by molar-refractivity contribution is 0.782. The summed E-state index contributed by atoms with van der Waals surface area (Å²) in [5.41, 5.74) is 4.50. The van der Waals surface area contributed by atoms with Crippen LogP contribution in [-0.2, 0) is 6.42 Å². The Morgan fingerprint density at radius 3 is 2.79 bits per heavy atom. The molecule has 0 fully saturated rings. The summed E-state index contributed by atoms with van der Waals surface area (Å²) < 4.78 is 0. The molecule has 0 bridgehead atoms. The zero-order valence-electron chi connectivity index (χ0n) is 11.5. The monoisotopic (exact) mass is 253 g/mol. The number of H-pyrrole nitrogens is 1. The quantitative estimate of drug-likeness (QED) is 0.821. The Kier molecular flexibility index (Phi) is 3.02. The van der Waals surface area contributed by atoms with Crippen molar-refractivity contribution in [1.82, 2.24) is 4.98 Å². The van der Waals surface area contributed by atoms with Crippen molar-refractivity contribution < 1.29 is 0 Å². The molecular weight excluding hydrogens is 234 g/mol. The first kappa shape index (κ1) is 12.2. The molecule has 1 N–H and O–H groups in total. The second-order valence-corrected chi connectivity index (χ2v) is 5.64. The summed E-state index contributed by atoms with van der Waals surface area (Å²) in [4.78, 5) is 16.0. The minimum atomic E-state index is 0.207. The van der Waals surface area contributed by atoms with Gasteiger partial charge in [0, 0.05) is 22.2 Å². The van der Waals surface area contributed by atoms with Crippen LogP contribution in [0.3, 0.4) is 0 Å². The van der Waals surface area contributed by atoms with Gasteiger partial charge in [0.15, 0.2) is 5.43 Å². The highest BCUT2D eigenvalue weighted by atomic mass is 16.1. The van der Waals surface area contributed by atoms with Gasteiger partial charge >= 0.3 is 0 Å². The molecule has 3 rings (SSSR count). The lowest BCUT2D eigenvalue weighted by atomic mass is 9.88. The average molecular weight is 253 g/mol. The van der Waals surface area contributed by atoms with Gasteiger partial charge in [-0.3, -0.25) is 4.79 Å². The minimum Gasteiger partial charge on any atom is -0.354 e. The van der Waals surface area contributed by atoms with Crippen LogP contribution in [0, 0.1) is 5.92 Å². The van der Waals surface area contributed by atoms with Crippen LogP contribution in [0.4, 0.5) is 0 Å². The lowest BCUT2D eigenvalue weighted by Crippen LogP contribution is -2.18. The fourth-order valence-electron chi connectivity index (χ4n) is 2.94. The fourth-order valence-corrected chi connectivity index (χ4v) is 2.94. The Morgan fingerprint density at radius 2 is 2.00 bits per heavy atom. The van der Waals surface area contributed by atoms with Crippen LogP contribution in [0.2, 0.25) is 0 Å². The van der Waals surface area contributed by atoms with Crippen molar-refractivity contribution in [3.8, 4) is 0 Å². The van der Waals surface area contributed by atoms with Gasteiger partial charge in [-0.05, 0) is 42.9 Å². The van der Waals surface area contributed by atoms with Crippen LogP contribution >= 0.6 is 0 Å². The number of benzene rings is 1. The van der Waals surface area contributed by atoms with Crippen molar-refractivity contribution in [3.05, 3.63) is 51.8 Å². The maximum absolute atomic E-state index is 12.6. The van der Waals surface area contributed by atoms with Crippen molar-refractivity contribution in [2.75, 3.05) is 0 Å². The van der Waals surface area contributed by atoms with E-state index in [1.807, 2.05) is 24.3 Å². The smallest absolute Gasteiger partial charge is 0.193 e. The lowest BCUT2D eigenvalue weighted by Gasteiger charge is -2.20. The standard InChI is InChI=1S/C17H19NO/c1-11(2)10-12-6-5-8-14-16(12)18-15-9-4-3-7-13(15)17(14)19/h3-4,7,9-11H,5-6,8H2,1-2H3,(H,18,19)/b12-10-. The number of fused-ring (bicyclic) bond motifs is 2. The van der Waals surface area contributed by atoms with E-state index in [2.05, 4.69) is 24.9 Å². The van der Waals surface area contributed by atoms with Crippen LogP contribution < -0.4 is 5.43 Å². The first-order valence-electron chi connectivity index (χ1n) is 7.02. The highest BCUT2D eigenvalue weighted by molar-refractivity contribution is 5.82. The molecule has 1 aromatic heterocycles. The first-order chi connectivity index (χ1) is 9.16. The number of allylic oxidation sites excluding steroid dienone is 2. The molecule has 0 saturated carbocycles. The molecule has 1 heterocycles. The van der Waals surface area contributed by atoms with Gasteiger partial charge in [-0.2, -0.15) is 0 Å². The number of para-hydroxylation sites is 1. The van der Waals surface area contributed by atoms with E-state index in [1.54, 1.807) is 0 Å². The molecule has 0 saturated heterocycles. The molecule has 0 atom stereocenters. The van der Waals surface area contributed by atoms with Crippen LogP contribution in [-0.4, -0.2) is 4.98 Å². The summed E-state index contributed by atoms with van der Waals surface area (Å²) in [5, 5.41) is 0.812. The summed E-state index contributed by atoms with van der Waals surface area (Å²) in [6, 6.07) is 7.80. The highest BCUT2D eigenvalue weighted by Crippen LogP contribution is 2.29. The van der Waals surface area contributed by atoms with Gasteiger partial charge < -0.3 is 4.98 Å². The van der Waals surface area contributed by atoms with E-state index in [-0.39, 0.29) is 5.43 Å². The zero-order valence-corrected chi connectivity index (χ0v) is 11.5. The summed E-state index contributed by atoms with van der Waals surface area (Å²) in [6.45, 7) is 4.36. The van der Waals surface area contributed by atoms with Gasteiger partial charge in [0.1, 0.15) is 0 Å². The van der Waals surface area contributed by atoms with Crippen molar-refractivity contribution in [3.63, 3.8) is 0 Å². The van der Waals surface area contributed by atoms with Gasteiger partial charge in [-0.25, -0.2) is 0 Å². The van der Waals surface area contributed by atoms with E-state index in [0.29, 0.717) is 5.92 Å². The Hall–Kier alpha value is -1.83. The Balaban J connectivity index is 2.31. The van der Waals surface area contributed by atoms with Crippen molar-refractivity contribution in [2.24, 2.45) is 5.92 Å². The molecule has 2 nitrogen and oxygen atoms in total. The molecule has 19 heavy (non-hydrogen) atoms. The van der Waals surface area contributed by atoms with E-state index in [4.69, 9.17) is 0 Å². The van der Waals surface area contributed by atoms with Crippen LogP contribution in [0.5, 0.6) is 0 Å². The maximum Gasteiger partial charge on any atom is 0.193 e. The van der Waals surface area contributed by atoms with Gasteiger partial charge in [0.05, 0.1) is 0 Å². The number of hydrogen-bond donors (Lipinski definition) is 1. The third-order valence-electron chi connectivity index (χ3n) is 3.74. The maximum atomic E-state index is 12.6. The predicted molar refractivity (Wildman–Crippen MR) is 80.3 cm³/mol. The van der Waals surface area contributed by atoms with E-state index < -0.39 is 0 Å². The van der Waals surface area contributed by atoms with Crippen molar-refractivity contribution in [1.29, 1.82) is 0 Å². The summed E-state index contributed by atoms with van der Waals surface area (Å²) in [5.74, 6) is 0.510. The number of pyridine rings is 1. The normalized spacial score (nSPS) is 17.1. The van der Waals surface area contributed by atoms with E-state index in [1.165, 1.54) is 5.57 Å². The average Bonchev–Trinajstić information content (AvgIpc) is 2.40. The highest BCUT2D eigenvalue weighted by Gasteiger charge is 2.19. The molecule has 98 valence electrons. The zero-order chi connectivity index (χ0) is 13.4. The van der Waals surface area contributed by atoms with E-state index in [9.17, 15) is 4.79 Å². The molecule has 2 aromatic rings. The Labute approximate surface area is 113 Å². The second-order valence-electron chi connectivity index (χ2n) is 5.64. The summed E-state index contributed by atoms with van der Waals surface area (Å²) in [6.07, 6.45) is 5.32. The molecule has 2 heteroatoms. The molecule has 0 spiro atoms. The van der Waals surface area contributed by atoms with Gasteiger partial charge in [0.25, 0.3) is 0 Å². The van der Waals surface area contributed by atoms with Crippen molar-refractivity contribution in [2.45, 2.75) is 33.1 Å². The van der Waals surface area contributed by atoms with Gasteiger partial charge in [0.2, 0.25) is 0 Å². The molecule has 1 aliphatic rings. The van der Waals surface area contributed by atoms with E-state index >= 15 is 0 Å². The van der Waals surface area contributed by atoms with Crippen LogP contribution in [0.25, 0.3) is 16.5 Å².